The van der Waals surface area contributed by atoms with Gasteiger partial charge in [-0.3, -0.25) is 4.98 Å². The van der Waals surface area contributed by atoms with E-state index in [-0.39, 0.29) is 12.1 Å². The first-order valence-corrected chi connectivity index (χ1v) is 9.78. The Bertz CT molecular complexity index is 797. The number of nitrogens with two attached hydrogens (primary N) is 1. The lowest BCUT2D eigenvalue weighted by atomic mass is 9.95. The molecule has 0 aromatic carbocycles. The van der Waals surface area contributed by atoms with E-state index in [4.69, 9.17) is 5.73 Å². The van der Waals surface area contributed by atoms with Crippen molar-refractivity contribution in [2.45, 2.75) is 52.1 Å². The molecule has 0 bridgehead atoms. The van der Waals surface area contributed by atoms with Crippen LogP contribution >= 0.6 is 0 Å². The predicted octanol–water partition coefficient (Wildman–Crippen LogP) is 3.35. The fourth-order valence-electron chi connectivity index (χ4n) is 3.57. The Labute approximate surface area is 161 Å². The van der Waals surface area contributed by atoms with Crippen molar-refractivity contribution in [3.8, 4) is 0 Å². The van der Waals surface area contributed by atoms with Gasteiger partial charge >= 0.3 is 0 Å². The Balaban J connectivity index is 2.07. The number of unbranched alkanes of at least 4 members (excludes halogenated alkanes) is 2. The third-order valence-electron chi connectivity index (χ3n) is 5.05. The molecule has 3 heterocycles. The topological polar surface area (TPSA) is 88.2 Å². The molecule has 3 rings (SSSR count). The highest BCUT2D eigenvalue weighted by Crippen LogP contribution is 2.34. The maximum absolute atomic E-state index is 9.88. The molecule has 144 valence electrons. The van der Waals surface area contributed by atoms with E-state index < -0.39 is 0 Å². The Morgan fingerprint density at radius 2 is 2.00 bits per heavy atom. The van der Waals surface area contributed by atoms with Crippen molar-refractivity contribution in [2.24, 2.45) is 0 Å². The smallest absolute Gasteiger partial charge is 0.220 e. The molecule has 1 aliphatic rings. The lowest BCUT2D eigenvalue weighted by molar-refractivity contribution is 0.145. The molecule has 1 saturated heterocycles. The van der Waals surface area contributed by atoms with Crippen LogP contribution < -0.4 is 10.6 Å². The molecule has 3 N–H and O–H groups in total. The van der Waals surface area contributed by atoms with Gasteiger partial charge in [0.2, 0.25) is 5.95 Å². The van der Waals surface area contributed by atoms with Crippen LogP contribution in [-0.2, 0) is 0 Å². The molecule has 27 heavy (non-hydrogen) atoms. The predicted molar refractivity (Wildman–Crippen MR) is 109 cm³/mol. The minimum atomic E-state index is -0.200. The van der Waals surface area contributed by atoms with Crippen LogP contribution in [0.25, 0.3) is 5.57 Å². The lowest BCUT2D eigenvalue weighted by Gasteiger charge is -2.33. The van der Waals surface area contributed by atoms with E-state index >= 15 is 0 Å². The number of pyridine rings is 1. The molecule has 0 radical (unpaired) electrons. The van der Waals surface area contributed by atoms with Gasteiger partial charge in [0, 0.05) is 48.0 Å². The highest BCUT2D eigenvalue weighted by molar-refractivity contribution is 5.86. The molecule has 2 aromatic rings. The molecule has 0 atom stereocenters. The third kappa shape index (κ3) is 4.63. The second-order valence-electron chi connectivity index (χ2n) is 7.07. The van der Waals surface area contributed by atoms with Crippen molar-refractivity contribution in [2.75, 3.05) is 23.7 Å². The lowest BCUT2D eigenvalue weighted by Crippen LogP contribution is -2.36. The Kier molecular flexibility index (Phi) is 6.40. The average Bonchev–Trinajstić information content (AvgIpc) is 2.66. The fourth-order valence-corrected chi connectivity index (χ4v) is 3.57. The fraction of sp³-hybridized carbons (Fsp3) is 0.476. The summed E-state index contributed by atoms with van der Waals surface area (Å²) < 4.78 is 0. The van der Waals surface area contributed by atoms with E-state index in [2.05, 4.69) is 38.9 Å². The molecule has 0 amide bonds. The van der Waals surface area contributed by atoms with Crippen molar-refractivity contribution in [1.29, 1.82) is 0 Å². The number of hydrogen-bond acceptors (Lipinski definition) is 6. The van der Waals surface area contributed by atoms with Crippen LogP contribution in [0.1, 0.15) is 56.0 Å². The van der Waals surface area contributed by atoms with Gasteiger partial charge in [-0.25, -0.2) is 9.97 Å². The number of anilines is 2. The van der Waals surface area contributed by atoms with Crippen LogP contribution in [0.15, 0.2) is 30.6 Å². The van der Waals surface area contributed by atoms with Crippen LogP contribution in [0.5, 0.6) is 0 Å². The van der Waals surface area contributed by atoms with Crippen LogP contribution in [0.4, 0.5) is 11.6 Å². The van der Waals surface area contributed by atoms with Gasteiger partial charge in [0.25, 0.3) is 0 Å². The van der Waals surface area contributed by atoms with E-state index in [1.54, 1.807) is 6.20 Å². The van der Waals surface area contributed by atoms with Gasteiger partial charge < -0.3 is 15.7 Å². The summed E-state index contributed by atoms with van der Waals surface area (Å²) in [6, 6.07) is 3.97. The second kappa shape index (κ2) is 8.95. The first-order valence-electron chi connectivity index (χ1n) is 9.78. The summed E-state index contributed by atoms with van der Waals surface area (Å²) in [5, 5.41) is 9.88. The molecule has 0 aliphatic carbocycles. The zero-order valence-corrected chi connectivity index (χ0v) is 16.2. The Morgan fingerprint density at radius 3 is 2.70 bits per heavy atom. The van der Waals surface area contributed by atoms with Crippen LogP contribution in [-0.4, -0.2) is 39.3 Å². The number of nitrogens with zero attached hydrogens (tertiary/aromatic N) is 4. The standard InChI is InChI=1S/C21H29N5O/c1-3-4-5-6-17(18-7-11-24-21(22)25-18)20-15(2)23-12-8-19(20)26-13-9-16(27)10-14-26/h6-8,11-12,16,27H,3-5,9-10,13-14H2,1-2H3,(H2,22,24,25). The van der Waals surface area contributed by atoms with Crippen molar-refractivity contribution >= 4 is 17.2 Å². The number of aromatic nitrogens is 3. The normalized spacial score (nSPS) is 16.0. The number of nitrogen functional groups attached to an aromatic ring is 1. The molecule has 0 saturated carbocycles. The van der Waals surface area contributed by atoms with Crippen molar-refractivity contribution in [3.63, 3.8) is 0 Å². The van der Waals surface area contributed by atoms with Gasteiger partial charge in [-0.05, 0) is 38.3 Å². The van der Waals surface area contributed by atoms with E-state index in [9.17, 15) is 5.11 Å². The van der Waals surface area contributed by atoms with E-state index in [1.807, 2.05) is 19.2 Å². The first kappa shape index (κ1) is 19.3. The minimum Gasteiger partial charge on any atom is -0.393 e. The zero-order chi connectivity index (χ0) is 19.2. The number of rotatable bonds is 6. The summed E-state index contributed by atoms with van der Waals surface area (Å²) in [4.78, 5) is 15.4. The molecule has 1 aliphatic heterocycles. The summed E-state index contributed by atoms with van der Waals surface area (Å²) in [5.41, 5.74) is 11.0. The number of aliphatic hydroxyl groups excluding tert-OH is 1. The summed E-state index contributed by atoms with van der Waals surface area (Å²) in [6.07, 6.45) is 10.4. The molecule has 2 aromatic heterocycles. The molecule has 6 heteroatoms. The maximum atomic E-state index is 9.88. The number of aliphatic hydroxyl groups is 1. The summed E-state index contributed by atoms with van der Waals surface area (Å²) in [7, 11) is 0. The van der Waals surface area contributed by atoms with Gasteiger partial charge in [-0.2, -0.15) is 0 Å². The molecule has 6 nitrogen and oxygen atoms in total. The van der Waals surface area contributed by atoms with Gasteiger partial charge in [0.05, 0.1) is 11.8 Å². The second-order valence-corrected chi connectivity index (χ2v) is 7.07. The van der Waals surface area contributed by atoms with E-state index in [1.165, 1.54) is 0 Å². The van der Waals surface area contributed by atoms with Crippen molar-refractivity contribution < 1.29 is 5.11 Å². The van der Waals surface area contributed by atoms with Crippen LogP contribution in [0.3, 0.4) is 0 Å². The van der Waals surface area contributed by atoms with Crippen LogP contribution in [0, 0.1) is 6.92 Å². The molecular weight excluding hydrogens is 338 g/mol. The van der Waals surface area contributed by atoms with Crippen molar-refractivity contribution in [1.82, 2.24) is 15.0 Å². The Hall–Kier alpha value is -2.47. The molecular formula is C21H29N5O. The number of hydrogen-bond donors (Lipinski definition) is 2. The van der Waals surface area contributed by atoms with Crippen molar-refractivity contribution in [3.05, 3.63) is 47.6 Å². The quantitative estimate of drug-likeness (QED) is 0.761. The number of piperidine rings is 1. The van der Waals surface area contributed by atoms with Gasteiger partial charge in [0.15, 0.2) is 0 Å². The molecule has 1 fully saturated rings. The highest BCUT2D eigenvalue weighted by atomic mass is 16.3. The van der Waals surface area contributed by atoms with Gasteiger partial charge in [-0.15, -0.1) is 0 Å². The summed E-state index contributed by atoms with van der Waals surface area (Å²) in [5.74, 6) is 0.276. The number of allylic oxidation sites excluding steroid dienone is 1. The monoisotopic (exact) mass is 367 g/mol. The van der Waals surface area contributed by atoms with Gasteiger partial charge in [0.1, 0.15) is 0 Å². The van der Waals surface area contributed by atoms with E-state index in [0.29, 0.717) is 0 Å². The summed E-state index contributed by atoms with van der Waals surface area (Å²) >= 11 is 0. The molecule has 0 spiro atoms. The molecule has 0 unspecified atom stereocenters. The van der Waals surface area contributed by atoms with E-state index in [0.717, 1.165) is 73.4 Å². The average molecular weight is 367 g/mol. The largest absolute Gasteiger partial charge is 0.393 e. The zero-order valence-electron chi connectivity index (χ0n) is 16.2. The SMILES string of the molecule is CCCCC=C(c1ccnc(N)n1)c1c(N2CCC(O)CC2)ccnc1C. The Morgan fingerprint density at radius 1 is 1.26 bits per heavy atom. The first-order chi connectivity index (χ1) is 13.1. The number of aryl methyl sites for hydroxylation is 1. The highest BCUT2D eigenvalue weighted by Gasteiger charge is 2.23. The summed E-state index contributed by atoms with van der Waals surface area (Å²) in [6.45, 7) is 5.91. The third-order valence-corrected chi connectivity index (χ3v) is 5.05. The van der Waals surface area contributed by atoms with Crippen LogP contribution in [0.2, 0.25) is 0 Å². The van der Waals surface area contributed by atoms with Gasteiger partial charge in [-0.1, -0.05) is 25.8 Å². The minimum absolute atomic E-state index is 0.200. The maximum Gasteiger partial charge on any atom is 0.220 e.